The Morgan fingerprint density at radius 2 is 1.91 bits per heavy atom. The fourth-order valence-electron chi connectivity index (χ4n) is 1.90. The SMILES string of the molecule is COc1cccc(NC(=O)C[NH+](C)CC(=O)NCC(C)C)c1. The van der Waals surface area contributed by atoms with Crippen molar-refractivity contribution in [2.45, 2.75) is 13.8 Å². The zero-order valence-corrected chi connectivity index (χ0v) is 13.7. The second-order valence-corrected chi connectivity index (χ2v) is 5.79. The van der Waals surface area contributed by atoms with Crippen LogP contribution >= 0.6 is 0 Å². The van der Waals surface area contributed by atoms with E-state index in [1.165, 1.54) is 0 Å². The second kappa shape index (κ2) is 9.04. The maximum Gasteiger partial charge on any atom is 0.279 e. The summed E-state index contributed by atoms with van der Waals surface area (Å²) in [4.78, 5) is 24.5. The number of ether oxygens (including phenoxy) is 1. The van der Waals surface area contributed by atoms with Crippen molar-refractivity contribution in [1.29, 1.82) is 0 Å². The van der Waals surface area contributed by atoms with Crippen LogP contribution in [0.5, 0.6) is 5.75 Å². The van der Waals surface area contributed by atoms with Gasteiger partial charge in [0, 0.05) is 18.3 Å². The molecule has 2 amide bonds. The van der Waals surface area contributed by atoms with Crippen molar-refractivity contribution < 1.29 is 19.2 Å². The van der Waals surface area contributed by atoms with Crippen LogP contribution in [0.4, 0.5) is 5.69 Å². The summed E-state index contributed by atoms with van der Waals surface area (Å²) in [5.74, 6) is 0.926. The third kappa shape index (κ3) is 7.08. The van der Waals surface area contributed by atoms with E-state index in [4.69, 9.17) is 4.74 Å². The number of carbonyl (C=O) groups is 2. The highest BCUT2D eigenvalue weighted by Crippen LogP contribution is 2.16. The van der Waals surface area contributed by atoms with Crippen LogP contribution in [0.15, 0.2) is 24.3 Å². The molecule has 0 aliphatic rings. The highest BCUT2D eigenvalue weighted by molar-refractivity contribution is 5.91. The van der Waals surface area contributed by atoms with Gasteiger partial charge in [-0.25, -0.2) is 0 Å². The van der Waals surface area contributed by atoms with Crippen LogP contribution < -0.4 is 20.3 Å². The highest BCUT2D eigenvalue weighted by Gasteiger charge is 2.14. The van der Waals surface area contributed by atoms with Gasteiger partial charge in [-0.2, -0.15) is 0 Å². The number of carbonyl (C=O) groups excluding carboxylic acids is 2. The van der Waals surface area contributed by atoms with Gasteiger partial charge in [-0.1, -0.05) is 19.9 Å². The Morgan fingerprint density at radius 3 is 2.55 bits per heavy atom. The van der Waals surface area contributed by atoms with Crippen LogP contribution in [0.1, 0.15) is 13.8 Å². The largest absolute Gasteiger partial charge is 0.497 e. The molecule has 1 aromatic carbocycles. The average molecular weight is 308 g/mol. The summed E-state index contributed by atoms with van der Waals surface area (Å²) in [5.41, 5.74) is 0.682. The van der Waals surface area contributed by atoms with Gasteiger partial charge in [0.25, 0.3) is 11.8 Å². The molecule has 0 aliphatic heterocycles. The monoisotopic (exact) mass is 308 g/mol. The molecule has 122 valence electrons. The van der Waals surface area contributed by atoms with Crippen molar-refractivity contribution in [3.05, 3.63) is 24.3 Å². The average Bonchev–Trinajstić information content (AvgIpc) is 2.44. The summed E-state index contributed by atoms with van der Waals surface area (Å²) in [6.45, 7) is 5.24. The van der Waals surface area contributed by atoms with Crippen LogP contribution in [-0.2, 0) is 9.59 Å². The highest BCUT2D eigenvalue weighted by atomic mass is 16.5. The first-order valence-corrected chi connectivity index (χ1v) is 7.42. The van der Waals surface area contributed by atoms with E-state index in [-0.39, 0.29) is 24.9 Å². The third-order valence-corrected chi connectivity index (χ3v) is 2.99. The van der Waals surface area contributed by atoms with Gasteiger partial charge in [-0.3, -0.25) is 9.59 Å². The maximum absolute atomic E-state index is 12.0. The van der Waals surface area contributed by atoms with Gasteiger partial charge < -0.3 is 20.3 Å². The van der Waals surface area contributed by atoms with E-state index >= 15 is 0 Å². The number of anilines is 1. The molecule has 3 N–H and O–H groups in total. The van der Waals surface area contributed by atoms with Crippen LogP contribution in [0.25, 0.3) is 0 Å². The summed E-state index contributed by atoms with van der Waals surface area (Å²) in [6.07, 6.45) is 0. The van der Waals surface area contributed by atoms with E-state index in [9.17, 15) is 9.59 Å². The lowest BCUT2D eigenvalue weighted by molar-refractivity contribution is -0.862. The first-order chi connectivity index (χ1) is 10.4. The maximum atomic E-state index is 12.0. The number of nitrogens with one attached hydrogen (secondary N) is 3. The third-order valence-electron chi connectivity index (χ3n) is 2.99. The van der Waals surface area contributed by atoms with Gasteiger partial charge >= 0.3 is 0 Å². The molecule has 6 nitrogen and oxygen atoms in total. The molecule has 0 saturated heterocycles. The number of quaternary nitrogens is 1. The minimum atomic E-state index is -0.137. The van der Waals surface area contributed by atoms with E-state index in [2.05, 4.69) is 10.6 Å². The van der Waals surface area contributed by atoms with E-state index in [0.717, 1.165) is 4.90 Å². The van der Waals surface area contributed by atoms with Crippen molar-refractivity contribution >= 4 is 17.5 Å². The topological polar surface area (TPSA) is 71.9 Å². The molecular weight excluding hydrogens is 282 g/mol. The summed E-state index contributed by atoms with van der Waals surface area (Å²) in [7, 11) is 3.40. The number of likely N-dealkylation sites (N-methyl/N-ethyl adjacent to an activating group) is 1. The molecule has 1 rings (SSSR count). The fourth-order valence-corrected chi connectivity index (χ4v) is 1.90. The van der Waals surface area contributed by atoms with Crippen molar-refractivity contribution in [2.24, 2.45) is 5.92 Å². The molecule has 22 heavy (non-hydrogen) atoms. The smallest absolute Gasteiger partial charge is 0.279 e. The standard InChI is InChI=1S/C16H25N3O3/c1-12(2)9-17-15(20)10-19(3)11-16(21)18-13-6-5-7-14(8-13)22-4/h5-8,12H,9-11H2,1-4H3,(H,17,20)(H,18,21)/p+1. The number of benzene rings is 1. The Kier molecular flexibility index (Phi) is 7.39. The van der Waals surface area contributed by atoms with Crippen molar-refractivity contribution in [3.63, 3.8) is 0 Å². The predicted octanol–water partition coefficient (Wildman–Crippen LogP) is -0.0794. The molecule has 0 spiro atoms. The number of methoxy groups -OCH3 is 1. The fraction of sp³-hybridized carbons (Fsp3) is 0.500. The summed E-state index contributed by atoms with van der Waals surface area (Å²) < 4.78 is 5.11. The quantitative estimate of drug-likeness (QED) is 0.629. The molecule has 1 atom stereocenters. The first kappa shape index (κ1) is 18.0. The molecule has 1 unspecified atom stereocenters. The normalized spacial score (nSPS) is 11.9. The van der Waals surface area contributed by atoms with E-state index in [1.54, 1.807) is 19.2 Å². The number of amides is 2. The lowest BCUT2D eigenvalue weighted by Gasteiger charge is -2.14. The molecule has 0 fully saturated rings. The Hall–Kier alpha value is -2.08. The van der Waals surface area contributed by atoms with Crippen molar-refractivity contribution in [1.82, 2.24) is 5.32 Å². The molecule has 0 aromatic heterocycles. The number of hydrogen-bond acceptors (Lipinski definition) is 3. The summed E-state index contributed by atoms with van der Waals surface area (Å²) in [6, 6.07) is 7.17. The van der Waals surface area contributed by atoms with Crippen molar-refractivity contribution in [2.75, 3.05) is 39.1 Å². The zero-order chi connectivity index (χ0) is 16.5. The van der Waals surface area contributed by atoms with E-state index in [1.807, 2.05) is 33.0 Å². The molecule has 0 aliphatic carbocycles. The van der Waals surface area contributed by atoms with E-state index < -0.39 is 0 Å². The van der Waals surface area contributed by atoms with Crippen LogP contribution in [-0.4, -0.2) is 45.6 Å². The number of hydrogen-bond donors (Lipinski definition) is 3. The Balaban J connectivity index is 2.38. The van der Waals surface area contributed by atoms with Crippen LogP contribution in [0.3, 0.4) is 0 Å². The van der Waals surface area contributed by atoms with Crippen molar-refractivity contribution in [3.8, 4) is 5.75 Å². The van der Waals surface area contributed by atoms with Crippen LogP contribution in [0.2, 0.25) is 0 Å². The van der Waals surface area contributed by atoms with Gasteiger partial charge in [0.05, 0.1) is 14.2 Å². The molecular formula is C16H26N3O3+. The molecule has 1 aromatic rings. The Bertz CT molecular complexity index is 503. The Labute approximate surface area is 131 Å². The predicted molar refractivity (Wildman–Crippen MR) is 86.1 cm³/mol. The molecule has 0 saturated carbocycles. The van der Waals surface area contributed by atoms with Gasteiger partial charge in [0.1, 0.15) is 5.75 Å². The lowest BCUT2D eigenvalue weighted by Crippen LogP contribution is -3.11. The van der Waals surface area contributed by atoms with Gasteiger partial charge in [0.15, 0.2) is 13.1 Å². The molecule has 0 heterocycles. The first-order valence-electron chi connectivity index (χ1n) is 7.42. The minimum Gasteiger partial charge on any atom is -0.497 e. The van der Waals surface area contributed by atoms with Gasteiger partial charge in [0.2, 0.25) is 0 Å². The Morgan fingerprint density at radius 1 is 1.23 bits per heavy atom. The zero-order valence-electron chi connectivity index (χ0n) is 13.7. The molecule has 0 bridgehead atoms. The number of rotatable bonds is 8. The molecule has 0 radical (unpaired) electrons. The van der Waals surface area contributed by atoms with E-state index in [0.29, 0.717) is 23.9 Å². The second-order valence-electron chi connectivity index (χ2n) is 5.79. The van der Waals surface area contributed by atoms with Gasteiger partial charge in [-0.15, -0.1) is 0 Å². The summed E-state index contributed by atoms with van der Waals surface area (Å²) in [5, 5.41) is 5.64. The minimum absolute atomic E-state index is 0.0413. The van der Waals surface area contributed by atoms with Gasteiger partial charge in [-0.05, 0) is 18.1 Å². The molecule has 6 heteroatoms. The summed E-state index contributed by atoms with van der Waals surface area (Å²) >= 11 is 0. The lowest BCUT2D eigenvalue weighted by atomic mass is 10.2. The van der Waals surface area contributed by atoms with Crippen LogP contribution in [0, 0.1) is 5.92 Å².